The van der Waals surface area contributed by atoms with Crippen molar-refractivity contribution in [3.05, 3.63) is 65.4 Å². The molecule has 12 heteroatoms. The van der Waals surface area contributed by atoms with Crippen LogP contribution in [0.1, 0.15) is 16.7 Å². The monoisotopic (exact) mass is 522 g/mol. The summed E-state index contributed by atoms with van der Waals surface area (Å²) in [7, 11) is 1.56. The van der Waals surface area contributed by atoms with E-state index in [-0.39, 0.29) is 29.5 Å². The highest BCUT2D eigenvalue weighted by molar-refractivity contribution is 5.86. The highest BCUT2D eigenvalue weighted by Gasteiger charge is 2.43. The van der Waals surface area contributed by atoms with E-state index in [2.05, 4.69) is 15.0 Å². The highest BCUT2D eigenvalue weighted by atomic mass is 19.4. The Morgan fingerprint density at radius 1 is 1.05 bits per heavy atom. The van der Waals surface area contributed by atoms with Gasteiger partial charge in [-0.05, 0) is 42.8 Å². The van der Waals surface area contributed by atoms with Gasteiger partial charge in [-0.25, -0.2) is 9.97 Å². The molecular formula is C25H20F6N4O2. The number of anilines is 2. The van der Waals surface area contributed by atoms with Crippen LogP contribution in [0.2, 0.25) is 0 Å². The minimum atomic E-state index is -5.20. The van der Waals surface area contributed by atoms with Gasteiger partial charge in [0.05, 0.1) is 46.1 Å². The number of imidazole rings is 1. The van der Waals surface area contributed by atoms with Crippen molar-refractivity contribution in [3.8, 4) is 17.1 Å². The second kappa shape index (κ2) is 8.94. The van der Waals surface area contributed by atoms with Gasteiger partial charge in [-0.1, -0.05) is 12.1 Å². The van der Waals surface area contributed by atoms with Crippen LogP contribution in [0.25, 0.3) is 22.4 Å². The minimum absolute atomic E-state index is 0.0707. The first-order chi connectivity index (χ1) is 17.5. The molecule has 3 heterocycles. The van der Waals surface area contributed by atoms with Gasteiger partial charge in [0.1, 0.15) is 18.2 Å². The van der Waals surface area contributed by atoms with E-state index < -0.39 is 23.5 Å². The summed E-state index contributed by atoms with van der Waals surface area (Å²) in [4.78, 5) is 13.4. The van der Waals surface area contributed by atoms with E-state index in [1.807, 2.05) is 24.0 Å². The predicted octanol–water partition coefficient (Wildman–Crippen LogP) is 6.52. The maximum atomic E-state index is 13.4. The lowest BCUT2D eigenvalue weighted by Crippen LogP contribution is -2.43. The summed E-state index contributed by atoms with van der Waals surface area (Å²) < 4.78 is 91.9. The highest BCUT2D eigenvalue weighted by Crippen LogP contribution is 2.46. The van der Waals surface area contributed by atoms with Crippen molar-refractivity contribution >= 4 is 22.5 Å². The Kier molecular flexibility index (Phi) is 6.01. The Hall–Kier alpha value is -3.80. The van der Waals surface area contributed by atoms with Crippen LogP contribution < -0.4 is 9.64 Å². The number of H-pyrrole nitrogens is 1. The van der Waals surface area contributed by atoms with E-state index >= 15 is 0 Å². The summed E-state index contributed by atoms with van der Waals surface area (Å²) in [5, 5.41) is 0. The Bertz CT molecular complexity index is 1400. The number of hydrogen-bond donors (Lipinski definition) is 1. The van der Waals surface area contributed by atoms with E-state index in [1.54, 1.807) is 31.5 Å². The lowest BCUT2D eigenvalue weighted by Gasteiger charge is -2.38. The predicted molar refractivity (Wildman–Crippen MR) is 124 cm³/mol. The van der Waals surface area contributed by atoms with Gasteiger partial charge in [0.2, 0.25) is 0 Å². The molecule has 0 saturated carbocycles. The van der Waals surface area contributed by atoms with Gasteiger partial charge in [0.15, 0.2) is 5.75 Å². The van der Waals surface area contributed by atoms with Crippen molar-refractivity contribution < 1.29 is 35.8 Å². The number of nitrogens with one attached hydrogen (secondary N) is 1. The third-order valence-electron chi connectivity index (χ3n) is 6.03. The first-order valence-corrected chi connectivity index (χ1v) is 11.1. The number of hydrogen-bond acceptors (Lipinski definition) is 5. The number of ether oxygens (including phenoxy) is 2. The largest absolute Gasteiger partial charge is 0.488 e. The number of aryl methyl sites for hydroxylation is 1. The van der Waals surface area contributed by atoms with E-state index in [4.69, 9.17) is 9.47 Å². The standard InChI is InChI=1S/C25H20F6N4O2/c1-13-6-7-21(32-10-13)35-14(11-36-2)12-37-22-15(4-3-5-20(22)35)23-33-18-8-16(24(26,27)28)17(25(29,30)31)9-19(18)34-23/h3-10,14H,11-12H2,1-2H3,(H,33,34). The molecule has 0 aliphatic carbocycles. The molecule has 1 atom stereocenters. The van der Waals surface area contributed by atoms with Crippen LogP contribution in [-0.4, -0.2) is 41.3 Å². The van der Waals surface area contributed by atoms with E-state index in [1.165, 1.54) is 0 Å². The number of pyridine rings is 1. The van der Waals surface area contributed by atoms with E-state index in [0.29, 0.717) is 41.6 Å². The zero-order valence-electron chi connectivity index (χ0n) is 19.5. The van der Waals surface area contributed by atoms with Crippen molar-refractivity contribution in [2.45, 2.75) is 25.3 Å². The van der Waals surface area contributed by atoms with Crippen LogP contribution in [0.4, 0.5) is 37.8 Å². The Labute approximate surface area is 206 Å². The molecule has 1 aliphatic rings. The average molecular weight is 522 g/mol. The first-order valence-electron chi connectivity index (χ1n) is 11.1. The number of para-hydroxylation sites is 1. The smallest absolute Gasteiger partial charge is 0.417 e. The van der Waals surface area contributed by atoms with Gasteiger partial charge in [0, 0.05) is 13.3 Å². The van der Waals surface area contributed by atoms with Gasteiger partial charge in [-0.2, -0.15) is 26.3 Å². The molecule has 1 N–H and O–H groups in total. The molecule has 0 radical (unpaired) electrons. The lowest BCUT2D eigenvalue weighted by molar-refractivity contribution is -0.161. The van der Waals surface area contributed by atoms with Crippen LogP contribution in [0.15, 0.2) is 48.7 Å². The molecule has 0 amide bonds. The number of rotatable bonds is 4. The second-order valence-corrected chi connectivity index (χ2v) is 8.63. The SMILES string of the molecule is COCC1COc2c(-c3nc4cc(C(F)(F)F)c(C(F)(F)F)cc4[nH]3)cccc2N1c1ccc(C)cn1. The summed E-state index contributed by atoms with van der Waals surface area (Å²) in [6, 6.07) is 9.47. The second-order valence-electron chi connectivity index (χ2n) is 8.63. The maximum Gasteiger partial charge on any atom is 0.417 e. The molecule has 6 nitrogen and oxygen atoms in total. The van der Waals surface area contributed by atoms with Crippen molar-refractivity contribution in [2.24, 2.45) is 0 Å². The molecule has 5 rings (SSSR count). The Morgan fingerprint density at radius 3 is 2.43 bits per heavy atom. The summed E-state index contributed by atoms with van der Waals surface area (Å²) >= 11 is 0. The molecule has 2 aromatic carbocycles. The summed E-state index contributed by atoms with van der Waals surface area (Å²) in [5.41, 5.74) is -2.06. The topological polar surface area (TPSA) is 63.3 Å². The zero-order valence-corrected chi connectivity index (χ0v) is 19.5. The normalized spacial score (nSPS) is 16.1. The van der Waals surface area contributed by atoms with Crippen LogP contribution in [0.5, 0.6) is 5.75 Å². The molecule has 4 aromatic rings. The van der Waals surface area contributed by atoms with Crippen LogP contribution in [-0.2, 0) is 17.1 Å². The molecule has 2 aromatic heterocycles. The molecule has 194 valence electrons. The molecule has 37 heavy (non-hydrogen) atoms. The average Bonchev–Trinajstić information content (AvgIpc) is 3.26. The number of aromatic amines is 1. The molecule has 1 unspecified atom stereocenters. The maximum absolute atomic E-state index is 13.4. The molecule has 1 aliphatic heterocycles. The molecule has 0 fully saturated rings. The van der Waals surface area contributed by atoms with Crippen molar-refractivity contribution in [1.29, 1.82) is 0 Å². The number of methoxy groups -OCH3 is 1. The third-order valence-corrected chi connectivity index (χ3v) is 6.03. The molecular weight excluding hydrogens is 502 g/mol. The van der Waals surface area contributed by atoms with Gasteiger partial charge in [0.25, 0.3) is 0 Å². The molecule has 0 saturated heterocycles. The van der Waals surface area contributed by atoms with Crippen molar-refractivity contribution in [1.82, 2.24) is 15.0 Å². The van der Waals surface area contributed by atoms with Gasteiger partial charge in [-0.15, -0.1) is 0 Å². The fourth-order valence-corrected chi connectivity index (χ4v) is 4.38. The third kappa shape index (κ3) is 4.57. The lowest BCUT2D eigenvalue weighted by atomic mass is 10.1. The van der Waals surface area contributed by atoms with Crippen LogP contribution in [0.3, 0.4) is 0 Å². The Morgan fingerprint density at radius 2 is 1.78 bits per heavy atom. The van der Waals surface area contributed by atoms with Crippen LogP contribution >= 0.6 is 0 Å². The van der Waals surface area contributed by atoms with Gasteiger partial charge < -0.3 is 19.4 Å². The number of halogens is 6. The fraction of sp³-hybridized carbons (Fsp3) is 0.280. The van der Waals surface area contributed by atoms with Crippen molar-refractivity contribution in [2.75, 3.05) is 25.2 Å². The fourth-order valence-electron chi connectivity index (χ4n) is 4.38. The minimum Gasteiger partial charge on any atom is -0.488 e. The van der Waals surface area contributed by atoms with E-state index in [9.17, 15) is 26.3 Å². The van der Waals surface area contributed by atoms with Crippen molar-refractivity contribution in [3.63, 3.8) is 0 Å². The first kappa shape index (κ1) is 24.9. The summed E-state index contributed by atoms with van der Waals surface area (Å²) in [6.45, 7) is 2.43. The Balaban J connectivity index is 1.65. The number of fused-ring (bicyclic) bond motifs is 2. The van der Waals surface area contributed by atoms with Gasteiger partial charge >= 0.3 is 12.4 Å². The van der Waals surface area contributed by atoms with Gasteiger partial charge in [-0.3, -0.25) is 0 Å². The number of benzene rings is 2. The number of alkyl halides is 6. The summed E-state index contributed by atoms with van der Waals surface area (Å²) in [6.07, 6.45) is -8.68. The quantitative estimate of drug-likeness (QED) is 0.310. The molecule has 0 bridgehead atoms. The summed E-state index contributed by atoms with van der Waals surface area (Å²) in [5.74, 6) is 1.06. The zero-order chi connectivity index (χ0) is 26.5. The van der Waals surface area contributed by atoms with E-state index in [0.717, 1.165) is 5.56 Å². The molecule has 0 spiro atoms. The number of nitrogens with zero attached hydrogens (tertiary/aromatic N) is 3. The number of aromatic nitrogens is 3. The van der Waals surface area contributed by atoms with Crippen LogP contribution in [0, 0.1) is 6.92 Å².